The molecule has 3 N–H and O–H groups in total. The molecule has 1 fully saturated rings. The van der Waals surface area contributed by atoms with Gasteiger partial charge in [0.05, 0.1) is 0 Å². The second-order valence-corrected chi connectivity index (χ2v) is 6.56. The van der Waals surface area contributed by atoms with Crippen molar-refractivity contribution in [2.45, 2.75) is 25.7 Å². The van der Waals surface area contributed by atoms with Gasteiger partial charge in [-0.1, -0.05) is 18.2 Å². The minimum atomic E-state index is 0.677. The SMILES string of the molecule is CN=C(NCCCNc1ccccc1)NCCCOCC1CCOCC1. The van der Waals surface area contributed by atoms with Crippen molar-refractivity contribution >= 4 is 11.6 Å². The zero-order chi connectivity index (χ0) is 18.3. The Morgan fingerprint density at radius 3 is 2.54 bits per heavy atom. The average molecular weight is 363 g/mol. The van der Waals surface area contributed by atoms with Crippen molar-refractivity contribution in [1.82, 2.24) is 10.6 Å². The van der Waals surface area contributed by atoms with Gasteiger partial charge in [-0.15, -0.1) is 0 Å². The van der Waals surface area contributed by atoms with Crippen LogP contribution >= 0.6 is 0 Å². The summed E-state index contributed by atoms with van der Waals surface area (Å²) in [6.07, 6.45) is 4.28. The highest BCUT2D eigenvalue weighted by Gasteiger charge is 2.13. The molecule has 1 aliphatic rings. The highest BCUT2D eigenvalue weighted by molar-refractivity contribution is 5.79. The Hall–Kier alpha value is -1.79. The van der Waals surface area contributed by atoms with Crippen LogP contribution < -0.4 is 16.0 Å². The topological polar surface area (TPSA) is 66.9 Å². The molecule has 0 bridgehead atoms. The van der Waals surface area contributed by atoms with Gasteiger partial charge in [-0.2, -0.15) is 0 Å². The van der Waals surface area contributed by atoms with Crippen LogP contribution in [0.25, 0.3) is 0 Å². The molecular weight excluding hydrogens is 328 g/mol. The van der Waals surface area contributed by atoms with Crippen LogP contribution in [0.15, 0.2) is 35.3 Å². The minimum Gasteiger partial charge on any atom is -0.385 e. The Labute approximate surface area is 157 Å². The van der Waals surface area contributed by atoms with E-state index in [1.807, 2.05) is 18.2 Å². The summed E-state index contributed by atoms with van der Waals surface area (Å²) in [6.45, 7) is 6.13. The predicted octanol–water partition coefficient (Wildman–Crippen LogP) is 2.49. The quantitative estimate of drug-likeness (QED) is 0.321. The average Bonchev–Trinajstić information content (AvgIpc) is 2.70. The molecule has 6 nitrogen and oxygen atoms in total. The maximum atomic E-state index is 5.78. The zero-order valence-electron chi connectivity index (χ0n) is 16.0. The van der Waals surface area contributed by atoms with E-state index in [4.69, 9.17) is 9.47 Å². The van der Waals surface area contributed by atoms with Crippen molar-refractivity contribution in [2.24, 2.45) is 10.9 Å². The van der Waals surface area contributed by atoms with Crippen molar-refractivity contribution in [3.63, 3.8) is 0 Å². The first kappa shape index (κ1) is 20.5. The van der Waals surface area contributed by atoms with Gasteiger partial charge in [-0.25, -0.2) is 0 Å². The first-order chi connectivity index (χ1) is 12.9. The van der Waals surface area contributed by atoms with Crippen LogP contribution in [0.4, 0.5) is 5.69 Å². The predicted molar refractivity (Wildman–Crippen MR) is 108 cm³/mol. The largest absolute Gasteiger partial charge is 0.385 e. The standard InChI is InChI=1S/C20H34N4O2/c1-21-20(23-12-5-11-22-19-7-3-2-4-8-19)24-13-6-14-26-17-18-9-15-25-16-10-18/h2-4,7-8,18,22H,5-6,9-17H2,1H3,(H2,21,23,24). The molecule has 1 aromatic rings. The number of benzene rings is 1. The highest BCUT2D eigenvalue weighted by Crippen LogP contribution is 2.14. The third kappa shape index (κ3) is 9.06. The molecule has 0 amide bonds. The summed E-state index contributed by atoms with van der Waals surface area (Å²) in [4.78, 5) is 4.25. The number of rotatable bonds is 11. The van der Waals surface area contributed by atoms with E-state index in [0.717, 1.165) is 83.4 Å². The first-order valence-corrected chi connectivity index (χ1v) is 9.77. The molecule has 0 radical (unpaired) electrons. The molecule has 2 rings (SSSR count). The third-order valence-corrected chi connectivity index (χ3v) is 4.42. The number of aliphatic imine (C=N–C) groups is 1. The fraction of sp³-hybridized carbons (Fsp3) is 0.650. The summed E-state index contributed by atoms with van der Waals surface area (Å²) in [5.41, 5.74) is 1.16. The normalized spacial score (nSPS) is 15.7. The van der Waals surface area contributed by atoms with E-state index in [-0.39, 0.29) is 0 Å². The Bertz CT molecular complexity index is 490. The van der Waals surface area contributed by atoms with E-state index in [0.29, 0.717) is 5.92 Å². The van der Waals surface area contributed by atoms with Crippen LogP contribution in [-0.2, 0) is 9.47 Å². The molecule has 0 atom stereocenters. The summed E-state index contributed by atoms with van der Waals surface area (Å²) >= 11 is 0. The summed E-state index contributed by atoms with van der Waals surface area (Å²) in [5, 5.41) is 10.1. The Morgan fingerprint density at radius 1 is 1.08 bits per heavy atom. The van der Waals surface area contributed by atoms with Crippen LogP contribution in [0.5, 0.6) is 0 Å². The van der Waals surface area contributed by atoms with E-state index in [1.165, 1.54) is 0 Å². The molecule has 1 aromatic carbocycles. The summed E-state index contributed by atoms with van der Waals surface area (Å²) < 4.78 is 11.1. The Morgan fingerprint density at radius 2 is 1.81 bits per heavy atom. The molecule has 26 heavy (non-hydrogen) atoms. The number of ether oxygens (including phenoxy) is 2. The van der Waals surface area contributed by atoms with Gasteiger partial charge < -0.3 is 25.4 Å². The lowest BCUT2D eigenvalue weighted by Gasteiger charge is -2.21. The number of hydrogen-bond donors (Lipinski definition) is 3. The summed E-state index contributed by atoms with van der Waals surface area (Å²) in [6, 6.07) is 10.3. The first-order valence-electron chi connectivity index (χ1n) is 9.77. The lowest BCUT2D eigenvalue weighted by molar-refractivity contribution is 0.0203. The molecule has 0 unspecified atom stereocenters. The van der Waals surface area contributed by atoms with Gasteiger partial charge in [-0.3, -0.25) is 4.99 Å². The Kier molecular flexibility index (Phi) is 10.6. The number of hydrogen-bond acceptors (Lipinski definition) is 4. The highest BCUT2D eigenvalue weighted by atomic mass is 16.5. The molecule has 0 spiro atoms. The molecule has 0 aliphatic carbocycles. The molecule has 1 saturated heterocycles. The van der Waals surface area contributed by atoms with Crippen LogP contribution in [0.2, 0.25) is 0 Å². The number of guanidine groups is 1. The van der Waals surface area contributed by atoms with Crippen LogP contribution in [0.3, 0.4) is 0 Å². The molecule has 146 valence electrons. The van der Waals surface area contributed by atoms with E-state index in [2.05, 4.69) is 33.1 Å². The minimum absolute atomic E-state index is 0.677. The van der Waals surface area contributed by atoms with Gasteiger partial charge in [0.2, 0.25) is 0 Å². The fourth-order valence-corrected chi connectivity index (χ4v) is 2.85. The number of anilines is 1. The maximum absolute atomic E-state index is 5.78. The second kappa shape index (κ2) is 13.4. The number of para-hydroxylation sites is 1. The van der Waals surface area contributed by atoms with E-state index < -0.39 is 0 Å². The van der Waals surface area contributed by atoms with Crippen LogP contribution in [0, 0.1) is 5.92 Å². The van der Waals surface area contributed by atoms with Gasteiger partial charge in [0.15, 0.2) is 5.96 Å². The molecule has 1 heterocycles. The van der Waals surface area contributed by atoms with Gasteiger partial charge >= 0.3 is 0 Å². The van der Waals surface area contributed by atoms with E-state index in [9.17, 15) is 0 Å². The van der Waals surface area contributed by atoms with Gasteiger partial charge in [0, 0.05) is 58.8 Å². The molecule has 1 aliphatic heterocycles. The third-order valence-electron chi connectivity index (χ3n) is 4.42. The maximum Gasteiger partial charge on any atom is 0.190 e. The van der Waals surface area contributed by atoms with E-state index >= 15 is 0 Å². The molecule has 0 saturated carbocycles. The van der Waals surface area contributed by atoms with Crippen LogP contribution in [-0.4, -0.2) is 59.1 Å². The summed E-state index contributed by atoms with van der Waals surface area (Å²) in [7, 11) is 1.80. The number of nitrogens with one attached hydrogen (secondary N) is 3. The van der Waals surface area contributed by atoms with Gasteiger partial charge in [-0.05, 0) is 43.7 Å². The van der Waals surface area contributed by atoms with Crippen molar-refractivity contribution in [3.05, 3.63) is 30.3 Å². The van der Waals surface area contributed by atoms with Crippen molar-refractivity contribution in [3.8, 4) is 0 Å². The van der Waals surface area contributed by atoms with Crippen molar-refractivity contribution in [2.75, 3.05) is 58.4 Å². The summed E-state index contributed by atoms with van der Waals surface area (Å²) in [5.74, 6) is 1.53. The van der Waals surface area contributed by atoms with Gasteiger partial charge in [0.1, 0.15) is 0 Å². The Balaban J connectivity index is 1.42. The lowest BCUT2D eigenvalue weighted by atomic mass is 10.0. The molecule has 0 aromatic heterocycles. The smallest absolute Gasteiger partial charge is 0.190 e. The lowest BCUT2D eigenvalue weighted by Crippen LogP contribution is -2.38. The second-order valence-electron chi connectivity index (χ2n) is 6.56. The van der Waals surface area contributed by atoms with Crippen molar-refractivity contribution in [1.29, 1.82) is 0 Å². The number of nitrogens with zero attached hydrogens (tertiary/aromatic N) is 1. The monoisotopic (exact) mass is 362 g/mol. The van der Waals surface area contributed by atoms with E-state index in [1.54, 1.807) is 7.05 Å². The zero-order valence-corrected chi connectivity index (χ0v) is 16.0. The molecule has 6 heteroatoms. The van der Waals surface area contributed by atoms with Crippen molar-refractivity contribution < 1.29 is 9.47 Å². The fourth-order valence-electron chi connectivity index (χ4n) is 2.85. The molecular formula is C20H34N4O2. The van der Waals surface area contributed by atoms with Gasteiger partial charge in [0.25, 0.3) is 0 Å². The van der Waals surface area contributed by atoms with Crippen LogP contribution in [0.1, 0.15) is 25.7 Å².